The van der Waals surface area contributed by atoms with Gasteiger partial charge in [-0.05, 0) is 25.1 Å². The lowest BCUT2D eigenvalue weighted by Crippen LogP contribution is -2.54. The van der Waals surface area contributed by atoms with Crippen LogP contribution >= 0.6 is 0 Å². The van der Waals surface area contributed by atoms with Crippen molar-refractivity contribution in [3.8, 4) is 34.6 Å². The number of pyridine rings is 1. The fourth-order valence-corrected chi connectivity index (χ4v) is 4.95. The van der Waals surface area contributed by atoms with Gasteiger partial charge in [0.1, 0.15) is 34.5 Å². The van der Waals surface area contributed by atoms with Crippen LogP contribution in [0.2, 0.25) is 0 Å². The second-order valence-corrected chi connectivity index (χ2v) is 9.52. The Balaban J connectivity index is 1.74. The van der Waals surface area contributed by atoms with E-state index in [1.807, 2.05) is 6.92 Å². The van der Waals surface area contributed by atoms with Gasteiger partial charge in [0.05, 0.1) is 27.0 Å². The van der Waals surface area contributed by atoms with Crippen LogP contribution < -0.4 is 19.5 Å². The number of fused-ring (bicyclic) bond motifs is 1. The maximum atomic E-state index is 12.0. The molecule has 3 heterocycles. The number of nitrogens with one attached hydrogen (secondary N) is 1. The van der Waals surface area contributed by atoms with Gasteiger partial charge in [-0.2, -0.15) is 0 Å². The van der Waals surface area contributed by atoms with Crippen molar-refractivity contribution in [3.05, 3.63) is 42.6 Å². The Kier molecular flexibility index (Phi) is 6.48. The summed E-state index contributed by atoms with van der Waals surface area (Å²) in [5.74, 6) is 1.89. The summed E-state index contributed by atoms with van der Waals surface area (Å²) in [6.07, 6.45) is 1.23. The number of hydrogen-bond acceptors (Lipinski definition) is 10. The van der Waals surface area contributed by atoms with Crippen molar-refractivity contribution < 1.29 is 27.8 Å². The average Bonchev–Trinajstić information content (AvgIpc) is 3.25. The minimum absolute atomic E-state index is 0.0885. The molecule has 0 aliphatic heterocycles. The van der Waals surface area contributed by atoms with Gasteiger partial charge in [-0.1, -0.05) is 12.1 Å². The molecule has 13 heteroatoms. The molecule has 4 aromatic rings. The molecule has 37 heavy (non-hydrogen) atoms. The maximum absolute atomic E-state index is 12.0. The van der Waals surface area contributed by atoms with Crippen LogP contribution in [0.15, 0.2) is 42.6 Å². The first kappa shape index (κ1) is 24.6. The molecule has 0 radical (unpaired) electrons. The molecule has 0 saturated heterocycles. The predicted octanol–water partition coefficient (Wildman–Crippen LogP) is 2.99. The number of Topliss-reactive ketones (excluding diaryl/α,β-unsaturated/α-hetero) is 1. The summed E-state index contributed by atoms with van der Waals surface area (Å²) < 4.78 is 40.5. The number of imidazole rings is 1. The third-order valence-corrected chi connectivity index (χ3v) is 6.96. The molecule has 3 aromatic heterocycles. The van der Waals surface area contributed by atoms with E-state index < -0.39 is 16.0 Å². The number of carbonyl (C=O) groups excluding carboxylic acids is 1. The standard InChI is InChI=1S/C24H24N6O6S/c1-4-36-19-10-5-7-15(26-19)22-28-21-23(30(22)20-16(34-2)8-6-9-17(20)35-3)27-18(13-25-21)29-24(37(32)33)11-14(31)12-24/h5-10,13H,4,11-12H2,1-3H3,(H,27,29)(H,32,33). The van der Waals surface area contributed by atoms with E-state index in [4.69, 9.17) is 19.2 Å². The summed E-state index contributed by atoms with van der Waals surface area (Å²) in [6, 6.07) is 10.7. The molecule has 0 spiro atoms. The van der Waals surface area contributed by atoms with E-state index in [1.165, 1.54) is 20.4 Å². The van der Waals surface area contributed by atoms with E-state index in [0.717, 1.165) is 0 Å². The molecule has 1 aliphatic rings. The summed E-state index contributed by atoms with van der Waals surface area (Å²) in [4.78, 5) is 28.8. The molecule has 2 N–H and O–H groups in total. The quantitative estimate of drug-likeness (QED) is 0.311. The smallest absolute Gasteiger partial charge is 0.213 e. The number of ether oxygens (including phenoxy) is 3. The number of ketones is 1. The second kappa shape index (κ2) is 9.75. The van der Waals surface area contributed by atoms with Gasteiger partial charge in [-0.15, -0.1) is 0 Å². The van der Waals surface area contributed by atoms with Gasteiger partial charge < -0.3 is 24.1 Å². The zero-order valence-corrected chi connectivity index (χ0v) is 21.1. The number of methoxy groups -OCH3 is 2. The summed E-state index contributed by atoms with van der Waals surface area (Å²) in [7, 11) is 3.08. The first-order chi connectivity index (χ1) is 17.9. The predicted molar refractivity (Wildman–Crippen MR) is 136 cm³/mol. The topological polar surface area (TPSA) is 151 Å². The molecule has 1 saturated carbocycles. The highest BCUT2D eigenvalue weighted by molar-refractivity contribution is 7.81. The van der Waals surface area contributed by atoms with Crippen molar-refractivity contribution in [1.82, 2.24) is 24.5 Å². The highest BCUT2D eigenvalue weighted by Gasteiger charge is 2.49. The summed E-state index contributed by atoms with van der Waals surface area (Å²) in [5, 5.41) is 2.94. The first-order valence-corrected chi connectivity index (χ1v) is 12.5. The minimum atomic E-state index is -2.30. The number of rotatable bonds is 9. The maximum Gasteiger partial charge on any atom is 0.213 e. The zero-order chi connectivity index (χ0) is 26.2. The molecule has 1 aliphatic carbocycles. The Labute approximate surface area is 214 Å². The summed E-state index contributed by atoms with van der Waals surface area (Å²) in [6.45, 7) is 2.31. The van der Waals surface area contributed by atoms with Crippen molar-refractivity contribution in [1.29, 1.82) is 0 Å². The first-order valence-electron chi connectivity index (χ1n) is 11.4. The molecule has 1 aromatic carbocycles. The molecule has 1 unspecified atom stereocenters. The monoisotopic (exact) mass is 524 g/mol. The highest BCUT2D eigenvalue weighted by atomic mass is 32.2. The number of hydrogen-bond donors (Lipinski definition) is 2. The van der Waals surface area contributed by atoms with Crippen molar-refractivity contribution in [2.24, 2.45) is 0 Å². The Bertz CT molecular complexity index is 1490. The number of anilines is 1. The summed E-state index contributed by atoms with van der Waals surface area (Å²) in [5.41, 5.74) is 1.61. The Morgan fingerprint density at radius 3 is 2.41 bits per heavy atom. The number of carbonyl (C=O) groups is 1. The van der Waals surface area contributed by atoms with Crippen LogP contribution in [0.5, 0.6) is 17.4 Å². The van der Waals surface area contributed by atoms with Gasteiger partial charge in [0.15, 0.2) is 33.1 Å². The van der Waals surface area contributed by atoms with Gasteiger partial charge >= 0.3 is 0 Å². The lowest BCUT2D eigenvalue weighted by atomic mass is 9.90. The molecule has 192 valence electrons. The van der Waals surface area contributed by atoms with Gasteiger partial charge in [-0.25, -0.2) is 24.1 Å². The molecular formula is C24H24N6O6S. The van der Waals surface area contributed by atoms with Crippen LogP contribution in [0.3, 0.4) is 0 Å². The van der Waals surface area contributed by atoms with E-state index in [1.54, 1.807) is 41.0 Å². The normalized spacial score (nSPS) is 15.2. The molecule has 0 amide bonds. The minimum Gasteiger partial charge on any atom is -0.494 e. The van der Waals surface area contributed by atoms with Crippen LogP contribution in [0, 0.1) is 0 Å². The second-order valence-electron chi connectivity index (χ2n) is 8.24. The van der Waals surface area contributed by atoms with E-state index in [9.17, 15) is 13.6 Å². The largest absolute Gasteiger partial charge is 0.494 e. The van der Waals surface area contributed by atoms with E-state index in [2.05, 4.69) is 20.3 Å². The number of para-hydroxylation sites is 1. The van der Waals surface area contributed by atoms with E-state index in [-0.39, 0.29) is 24.4 Å². The Morgan fingerprint density at radius 2 is 1.78 bits per heavy atom. The van der Waals surface area contributed by atoms with Crippen molar-refractivity contribution in [3.63, 3.8) is 0 Å². The molecule has 1 atom stereocenters. The molecule has 1 fully saturated rings. The van der Waals surface area contributed by atoms with Gasteiger partial charge in [0.2, 0.25) is 5.88 Å². The lowest BCUT2D eigenvalue weighted by Gasteiger charge is -2.37. The van der Waals surface area contributed by atoms with Crippen LogP contribution in [0.1, 0.15) is 19.8 Å². The highest BCUT2D eigenvalue weighted by Crippen LogP contribution is 2.39. The van der Waals surface area contributed by atoms with Crippen molar-refractivity contribution >= 4 is 34.0 Å². The van der Waals surface area contributed by atoms with Gasteiger partial charge in [0, 0.05) is 18.9 Å². The molecule has 0 bridgehead atoms. The fourth-order valence-electron chi connectivity index (χ4n) is 4.19. The van der Waals surface area contributed by atoms with E-state index >= 15 is 0 Å². The third kappa shape index (κ3) is 4.36. The number of benzene rings is 1. The average molecular weight is 525 g/mol. The SMILES string of the molecule is CCOc1cccc(-c2nc3ncc(NC4(S(=O)O)CC(=O)C4)nc3n2-c2c(OC)cccc2OC)n1. The third-order valence-electron chi connectivity index (χ3n) is 5.90. The number of nitrogens with zero attached hydrogens (tertiary/aromatic N) is 5. The van der Waals surface area contributed by atoms with Crippen LogP contribution in [0.4, 0.5) is 5.82 Å². The fraction of sp³-hybridized carbons (Fsp3) is 0.292. The number of aromatic nitrogens is 5. The summed E-state index contributed by atoms with van der Waals surface area (Å²) >= 11 is -2.30. The molecule has 12 nitrogen and oxygen atoms in total. The lowest BCUT2D eigenvalue weighted by molar-refractivity contribution is -0.125. The van der Waals surface area contributed by atoms with Crippen LogP contribution in [-0.2, 0) is 15.9 Å². The van der Waals surface area contributed by atoms with Crippen LogP contribution in [0.25, 0.3) is 28.5 Å². The molecular weight excluding hydrogens is 500 g/mol. The Hall–Kier alpha value is -4.10. The van der Waals surface area contributed by atoms with Crippen LogP contribution in [-0.4, -0.2) is 64.7 Å². The Morgan fingerprint density at radius 1 is 1.08 bits per heavy atom. The zero-order valence-electron chi connectivity index (χ0n) is 20.3. The molecule has 5 rings (SSSR count). The van der Waals surface area contributed by atoms with Gasteiger partial charge in [-0.3, -0.25) is 9.36 Å². The van der Waals surface area contributed by atoms with Crippen molar-refractivity contribution in [2.75, 3.05) is 26.1 Å². The van der Waals surface area contributed by atoms with E-state index in [0.29, 0.717) is 52.5 Å². The van der Waals surface area contributed by atoms with Crippen molar-refractivity contribution in [2.45, 2.75) is 24.6 Å². The van der Waals surface area contributed by atoms with Gasteiger partial charge in [0.25, 0.3) is 0 Å².